The predicted molar refractivity (Wildman–Crippen MR) is 112 cm³/mol. The number of benzene rings is 3. The van der Waals surface area contributed by atoms with Crippen LogP contribution in [0.2, 0.25) is 0 Å². The van der Waals surface area contributed by atoms with Gasteiger partial charge < -0.3 is 5.32 Å². The van der Waals surface area contributed by atoms with Crippen molar-refractivity contribution in [3.05, 3.63) is 84.7 Å². The number of rotatable bonds is 5. The first-order valence-electron chi connectivity index (χ1n) is 9.01. The molecule has 0 aliphatic heterocycles. The number of hydrogen-bond donors (Lipinski definition) is 2. The number of sulfonamides is 1. The Labute approximate surface area is 175 Å². The monoisotopic (exact) mass is 444 g/mol. The fourth-order valence-electron chi connectivity index (χ4n) is 2.87. The summed E-state index contributed by atoms with van der Waals surface area (Å²) in [5.74, 6) is -1.30. The first-order chi connectivity index (χ1) is 14.7. The molecular weight excluding hydrogens is 429 g/mol. The van der Waals surface area contributed by atoms with Crippen molar-refractivity contribution in [2.75, 3.05) is 10.0 Å². The highest BCUT2D eigenvalue weighted by Gasteiger charge is 2.35. The molecular formula is C21H15F3N4O2S. The molecule has 1 heterocycles. The standard InChI is InChI=1S/C21H15F3N4O2S/c22-21(23,24)20-26-18-9-5-4-8-17(18)19(27-20)25-14-10-12-16(13-11-14)31(29,30)28-15-6-2-1-3-7-15/h1-13,28H,(H,25,26,27). The molecule has 1 aromatic heterocycles. The van der Waals surface area contributed by atoms with E-state index in [0.717, 1.165) is 0 Å². The first-order valence-corrected chi connectivity index (χ1v) is 10.5. The maximum Gasteiger partial charge on any atom is 0.451 e. The molecule has 0 fully saturated rings. The number of halogens is 3. The minimum atomic E-state index is -4.71. The van der Waals surface area contributed by atoms with Crippen LogP contribution in [0.1, 0.15) is 5.82 Å². The minimum Gasteiger partial charge on any atom is -0.340 e. The number of aromatic nitrogens is 2. The topological polar surface area (TPSA) is 84.0 Å². The van der Waals surface area contributed by atoms with Gasteiger partial charge in [-0.25, -0.2) is 18.4 Å². The number of nitrogens with zero attached hydrogens (tertiary/aromatic N) is 2. The second kappa shape index (κ2) is 7.88. The van der Waals surface area contributed by atoms with E-state index >= 15 is 0 Å². The molecule has 0 spiro atoms. The summed E-state index contributed by atoms with van der Waals surface area (Å²) in [4.78, 5) is 7.19. The summed E-state index contributed by atoms with van der Waals surface area (Å²) < 4.78 is 67.0. The van der Waals surface area contributed by atoms with E-state index in [-0.39, 0.29) is 16.2 Å². The van der Waals surface area contributed by atoms with Gasteiger partial charge in [-0.05, 0) is 48.5 Å². The number of hydrogen-bond acceptors (Lipinski definition) is 5. The molecule has 2 N–H and O–H groups in total. The molecule has 3 aromatic carbocycles. The number of alkyl halides is 3. The zero-order chi connectivity index (χ0) is 22.1. The fourth-order valence-corrected chi connectivity index (χ4v) is 3.93. The lowest BCUT2D eigenvalue weighted by Gasteiger charge is -2.13. The average Bonchev–Trinajstić information content (AvgIpc) is 2.74. The van der Waals surface area contributed by atoms with Gasteiger partial charge in [-0.15, -0.1) is 0 Å². The molecule has 4 rings (SSSR count). The lowest BCUT2D eigenvalue weighted by Crippen LogP contribution is -2.13. The van der Waals surface area contributed by atoms with Gasteiger partial charge in [-0.2, -0.15) is 13.2 Å². The van der Waals surface area contributed by atoms with Gasteiger partial charge in [0.1, 0.15) is 5.82 Å². The second-order valence-corrected chi connectivity index (χ2v) is 8.21. The van der Waals surface area contributed by atoms with Crippen LogP contribution in [0.15, 0.2) is 83.8 Å². The van der Waals surface area contributed by atoms with Gasteiger partial charge in [0.25, 0.3) is 10.0 Å². The van der Waals surface area contributed by atoms with Gasteiger partial charge in [-0.1, -0.05) is 30.3 Å². The van der Waals surface area contributed by atoms with Gasteiger partial charge in [-0.3, -0.25) is 4.72 Å². The van der Waals surface area contributed by atoms with E-state index in [9.17, 15) is 21.6 Å². The van der Waals surface area contributed by atoms with Crippen molar-refractivity contribution in [3.63, 3.8) is 0 Å². The maximum atomic E-state index is 13.2. The molecule has 0 atom stereocenters. The Morgan fingerprint density at radius 3 is 2.06 bits per heavy atom. The van der Waals surface area contributed by atoms with Crippen LogP contribution in [0.5, 0.6) is 0 Å². The fraction of sp³-hybridized carbons (Fsp3) is 0.0476. The quantitative estimate of drug-likeness (QED) is 0.442. The average molecular weight is 444 g/mol. The number of nitrogens with one attached hydrogen (secondary N) is 2. The van der Waals surface area contributed by atoms with E-state index in [2.05, 4.69) is 20.0 Å². The summed E-state index contributed by atoms with van der Waals surface area (Å²) in [6.45, 7) is 0. The molecule has 0 saturated carbocycles. The van der Waals surface area contributed by atoms with Crippen LogP contribution in [0.3, 0.4) is 0 Å². The number of para-hydroxylation sites is 2. The van der Waals surface area contributed by atoms with Crippen molar-refractivity contribution >= 4 is 38.1 Å². The lowest BCUT2D eigenvalue weighted by atomic mass is 10.2. The van der Waals surface area contributed by atoms with Crippen LogP contribution in [-0.4, -0.2) is 18.4 Å². The maximum absolute atomic E-state index is 13.2. The number of fused-ring (bicyclic) bond motifs is 1. The van der Waals surface area contributed by atoms with Gasteiger partial charge >= 0.3 is 6.18 Å². The first kappa shape index (κ1) is 20.6. The molecule has 4 aromatic rings. The normalized spacial score (nSPS) is 12.0. The third-order valence-corrected chi connectivity index (χ3v) is 5.71. The highest BCUT2D eigenvalue weighted by Crippen LogP contribution is 2.31. The van der Waals surface area contributed by atoms with Crippen molar-refractivity contribution in [2.45, 2.75) is 11.1 Å². The summed E-state index contributed by atoms with van der Waals surface area (Å²) in [7, 11) is -3.82. The van der Waals surface area contributed by atoms with Crippen molar-refractivity contribution in [1.29, 1.82) is 0 Å². The molecule has 0 bridgehead atoms. The molecule has 0 aliphatic carbocycles. The summed E-state index contributed by atoms with van der Waals surface area (Å²) in [6, 6.07) is 20.3. The molecule has 6 nitrogen and oxygen atoms in total. The molecule has 0 radical (unpaired) electrons. The smallest absolute Gasteiger partial charge is 0.340 e. The van der Waals surface area contributed by atoms with E-state index in [1.165, 1.54) is 30.3 Å². The third kappa shape index (κ3) is 4.58. The van der Waals surface area contributed by atoms with Crippen LogP contribution < -0.4 is 10.0 Å². The SMILES string of the molecule is O=S(=O)(Nc1ccccc1)c1ccc(Nc2nc(C(F)(F)F)nc3ccccc23)cc1. The Morgan fingerprint density at radius 2 is 1.39 bits per heavy atom. The van der Waals surface area contributed by atoms with Crippen LogP contribution in [0.4, 0.5) is 30.4 Å². The molecule has 31 heavy (non-hydrogen) atoms. The molecule has 0 aliphatic rings. The highest BCUT2D eigenvalue weighted by atomic mass is 32.2. The Balaban J connectivity index is 1.63. The molecule has 0 unspecified atom stereocenters. The second-order valence-electron chi connectivity index (χ2n) is 6.53. The predicted octanol–water partition coefficient (Wildman–Crippen LogP) is 5.19. The molecule has 10 heteroatoms. The largest absolute Gasteiger partial charge is 0.451 e. The molecule has 0 saturated heterocycles. The van der Waals surface area contributed by atoms with E-state index in [1.807, 2.05) is 0 Å². The number of anilines is 3. The summed E-state index contributed by atoms with van der Waals surface area (Å²) in [5.41, 5.74) is 0.922. The van der Waals surface area contributed by atoms with Crippen molar-refractivity contribution in [2.24, 2.45) is 0 Å². The van der Waals surface area contributed by atoms with Gasteiger partial charge in [0.2, 0.25) is 5.82 Å². The lowest BCUT2D eigenvalue weighted by molar-refractivity contribution is -0.144. The Bertz CT molecular complexity index is 1330. The Kier molecular flexibility index (Phi) is 5.24. The molecule has 158 valence electrons. The van der Waals surface area contributed by atoms with Crippen molar-refractivity contribution in [3.8, 4) is 0 Å². The summed E-state index contributed by atoms with van der Waals surface area (Å²) in [6.07, 6.45) is -4.71. The zero-order valence-corrected chi connectivity index (χ0v) is 16.6. The van der Waals surface area contributed by atoms with Crippen LogP contribution in [-0.2, 0) is 16.2 Å². The van der Waals surface area contributed by atoms with E-state index < -0.39 is 22.0 Å². The van der Waals surface area contributed by atoms with Crippen molar-refractivity contribution in [1.82, 2.24) is 9.97 Å². The van der Waals surface area contributed by atoms with Crippen LogP contribution >= 0.6 is 0 Å². The van der Waals surface area contributed by atoms with Gasteiger partial charge in [0.05, 0.1) is 10.4 Å². The van der Waals surface area contributed by atoms with E-state index in [0.29, 0.717) is 16.8 Å². The van der Waals surface area contributed by atoms with Crippen LogP contribution in [0, 0.1) is 0 Å². The van der Waals surface area contributed by atoms with E-state index in [1.54, 1.807) is 48.5 Å². The summed E-state index contributed by atoms with van der Waals surface area (Å²) in [5, 5.41) is 3.22. The van der Waals surface area contributed by atoms with Gasteiger partial charge in [0.15, 0.2) is 0 Å². The summed E-state index contributed by atoms with van der Waals surface area (Å²) >= 11 is 0. The Hall–Kier alpha value is -3.66. The third-order valence-electron chi connectivity index (χ3n) is 4.31. The Morgan fingerprint density at radius 1 is 0.742 bits per heavy atom. The molecule has 0 amide bonds. The van der Waals surface area contributed by atoms with Crippen molar-refractivity contribution < 1.29 is 21.6 Å². The van der Waals surface area contributed by atoms with Gasteiger partial charge in [0, 0.05) is 16.8 Å². The minimum absolute atomic E-state index is 0.00503. The highest BCUT2D eigenvalue weighted by molar-refractivity contribution is 7.92. The van der Waals surface area contributed by atoms with Crippen LogP contribution in [0.25, 0.3) is 10.9 Å². The zero-order valence-electron chi connectivity index (χ0n) is 15.8. The van der Waals surface area contributed by atoms with E-state index in [4.69, 9.17) is 0 Å².